The van der Waals surface area contributed by atoms with Gasteiger partial charge in [0.1, 0.15) is 0 Å². The summed E-state index contributed by atoms with van der Waals surface area (Å²) in [5, 5.41) is 2.93. The van der Waals surface area contributed by atoms with Gasteiger partial charge in [0, 0.05) is 13.1 Å². The molecule has 0 saturated carbocycles. The van der Waals surface area contributed by atoms with E-state index in [1.165, 1.54) is 7.11 Å². The van der Waals surface area contributed by atoms with Crippen molar-refractivity contribution in [1.29, 1.82) is 0 Å². The van der Waals surface area contributed by atoms with Gasteiger partial charge in [0.05, 0.1) is 19.6 Å². The smallest absolute Gasteiger partial charge is 0.306 e. The van der Waals surface area contributed by atoms with Crippen molar-refractivity contribution in [2.24, 2.45) is 0 Å². The van der Waals surface area contributed by atoms with Crippen molar-refractivity contribution in [3.63, 3.8) is 0 Å². The van der Waals surface area contributed by atoms with Gasteiger partial charge < -0.3 is 10.1 Å². The molecular formula is C16H24N2O3. The van der Waals surface area contributed by atoms with E-state index in [1.807, 2.05) is 50.1 Å². The molecule has 0 spiro atoms. The van der Waals surface area contributed by atoms with Crippen LogP contribution in [0.25, 0.3) is 0 Å². The third-order valence-corrected chi connectivity index (χ3v) is 3.65. The molecule has 1 atom stereocenters. The number of nitrogens with one attached hydrogen (secondary N) is 1. The molecule has 0 saturated heterocycles. The van der Waals surface area contributed by atoms with E-state index in [0.29, 0.717) is 13.1 Å². The molecule has 1 aromatic carbocycles. The van der Waals surface area contributed by atoms with Gasteiger partial charge in [-0.3, -0.25) is 14.5 Å². The van der Waals surface area contributed by atoms with Crippen LogP contribution in [-0.2, 0) is 20.9 Å². The number of nitrogens with zero attached hydrogens (tertiary/aromatic N) is 1. The Morgan fingerprint density at radius 3 is 2.62 bits per heavy atom. The Morgan fingerprint density at radius 2 is 2.00 bits per heavy atom. The number of benzene rings is 1. The maximum atomic E-state index is 12.1. The number of hydrogen-bond acceptors (Lipinski definition) is 4. The lowest BCUT2D eigenvalue weighted by atomic mass is 10.1. The zero-order valence-corrected chi connectivity index (χ0v) is 13.2. The second kappa shape index (κ2) is 8.42. The van der Waals surface area contributed by atoms with Crippen molar-refractivity contribution in [2.45, 2.75) is 32.9 Å². The van der Waals surface area contributed by atoms with Crippen molar-refractivity contribution in [2.75, 3.05) is 20.7 Å². The SMILES string of the molecule is COC(=O)CCN(C)C(C)C(=O)NCc1ccccc1C. The zero-order valence-electron chi connectivity index (χ0n) is 13.2. The van der Waals surface area contributed by atoms with Crippen molar-refractivity contribution in [3.05, 3.63) is 35.4 Å². The van der Waals surface area contributed by atoms with Crippen LogP contribution in [0, 0.1) is 6.92 Å². The summed E-state index contributed by atoms with van der Waals surface area (Å²) in [7, 11) is 3.18. The molecule has 0 aliphatic rings. The summed E-state index contributed by atoms with van der Waals surface area (Å²) in [4.78, 5) is 25.1. The fraction of sp³-hybridized carbons (Fsp3) is 0.500. The van der Waals surface area contributed by atoms with Crippen molar-refractivity contribution < 1.29 is 14.3 Å². The fourth-order valence-corrected chi connectivity index (χ4v) is 1.90. The van der Waals surface area contributed by atoms with Gasteiger partial charge in [-0.05, 0) is 32.0 Å². The topological polar surface area (TPSA) is 58.6 Å². The molecule has 116 valence electrons. The molecule has 5 heteroatoms. The molecule has 0 aromatic heterocycles. The minimum atomic E-state index is -0.293. The number of carbonyl (C=O) groups excluding carboxylic acids is 2. The third-order valence-electron chi connectivity index (χ3n) is 3.65. The first kappa shape index (κ1) is 17.2. The zero-order chi connectivity index (χ0) is 15.8. The van der Waals surface area contributed by atoms with Gasteiger partial charge in [0.25, 0.3) is 0 Å². The van der Waals surface area contributed by atoms with Crippen molar-refractivity contribution in [3.8, 4) is 0 Å². The van der Waals surface area contributed by atoms with Gasteiger partial charge in [-0.15, -0.1) is 0 Å². The van der Waals surface area contributed by atoms with Crippen LogP contribution in [0.4, 0.5) is 0 Å². The molecule has 1 rings (SSSR count). The van der Waals surface area contributed by atoms with Gasteiger partial charge in [0.2, 0.25) is 5.91 Å². The number of rotatable bonds is 7. The monoisotopic (exact) mass is 292 g/mol. The van der Waals surface area contributed by atoms with Crippen LogP contribution in [-0.4, -0.2) is 43.5 Å². The largest absolute Gasteiger partial charge is 0.469 e. The predicted molar refractivity (Wildman–Crippen MR) is 81.8 cm³/mol. The second-order valence-corrected chi connectivity index (χ2v) is 5.13. The van der Waals surface area contributed by atoms with Gasteiger partial charge in [-0.25, -0.2) is 0 Å². The summed E-state index contributed by atoms with van der Waals surface area (Å²) in [6, 6.07) is 7.66. The normalized spacial score (nSPS) is 12.0. The van der Waals surface area contributed by atoms with E-state index in [1.54, 1.807) is 0 Å². The number of esters is 1. The minimum absolute atomic E-state index is 0.0504. The van der Waals surface area contributed by atoms with E-state index in [-0.39, 0.29) is 24.3 Å². The van der Waals surface area contributed by atoms with Crippen LogP contribution in [0.2, 0.25) is 0 Å². The number of amides is 1. The molecule has 0 fully saturated rings. The standard InChI is InChI=1S/C16H24N2O3/c1-12-7-5-6-8-14(12)11-17-16(20)13(2)18(3)10-9-15(19)21-4/h5-8,13H,9-11H2,1-4H3,(H,17,20). The molecule has 1 aromatic rings. The lowest BCUT2D eigenvalue weighted by Crippen LogP contribution is -2.43. The van der Waals surface area contributed by atoms with Crippen molar-refractivity contribution >= 4 is 11.9 Å². The fourth-order valence-electron chi connectivity index (χ4n) is 1.90. The highest BCUT2D eigenvalue weighted by Gasteiger charge is 2.18. The van der Waals surface area contributed by atoms with Gasteiger partial charge in [-0.2, -0.15) is 0 Å². The van der Waals surface area contributed by atoms with E-state index >= 15 is 0 Å². The molecule has 0 aliphatic carbocycles. The molecule has 0 radical (unpaired) electrons. The first-order valence-corrected chi connectivity index (χ1v) is 7.05. The summed E-state index contributed by atoms with van der Waals surface area (Å²) in [6.07, 6.45) is 0.280. The van der Waals surface area contributed by atoms with E-state index in [9.17, 15) is 9.59 Å². The van der Waals surface area contributed by atoms with Crippen molar-refractivity contribution in [1.82, 2.24) is 10.2 Å². The van der Waals surface area contributed by atoms with Crippen LogP contribution in [0.3, 0.4) is 0 Å². The number of likely N-dealkylation sites (N-methyl/N-ethyl adjacent to an activating group) is 1. The molecular weight excluding hydrogens is 268 g/mol. The van der Waals surface area contributed by atoms with Crippen LogP contribution in [0.15, 0.2) is 24.3 Å². The Bertz CT molecular complexity index is 488. The second-order valence-electron chi connectivity index (χ2n) is 5.13. The lowest BCUT2D eigenvalue weighted by Gasteiger charge is -2.23. The molecule has 5 nitrogen and oxygen atoms in total. The number of ether oxygens (including phenoxy) is 1. The highest BCUT2D eigenvalue weighted by Crippen LogP contribution is 2.06. The highest BCUT2D eigenvalue weighted by molar-refractivity contribution is 5.81. The lowest BCUT2D eigenvalue weighted by molar-refractivity contribution is -0.141. The molecule has 1 unspecified atom stereocenters. The maximum Gasteiger partial charge on any atom is 0.306 e. The first-order chi connectivity index (χ1) is 9.95. The third kappa shape index (κ3) is 5.55. The number of aryl methyl sites for hydroxylation is 1. The molecule has 1 amide bonds. The Balaban J connectivity index is 2.43. The minimum Gasteiger partial charge on any atom is -0.469 e. The van der Waals surface area contributed by atoms with Crippen LogP contribution >= 0.6 is 0 Å². The summed E-state index contributed by atoms with van der Waals surface area (Å²) in [5.41, 5.74) is 2.26. The predicted octanol–water partition coefficient (Wildman–Crippen LogP) is 1.49. The molecule has 1 N–H and O–H groups in total. The molecule has 0 bridgehead atoms. The summed E-state index contributed by atoms with van der Waals surface area (Å²) < 4.78 is 4.59. The van der Waals surface area contributed by atoms with Gasteiger partial charge >= 0.3 is 5.97 Å². The van der Waals surface area contributed by atoms with Crippen LogP contribution in [0.5, 0.6) is 0 Å². The number of methoxy groups -OCH3 is 1. The van der Waals surface area contributed by atoms with E-state index < -0.39 is 0 Å². The Morgan fingerprint density at radius 1 is 1.33 bits per heavy atom. The average Bonchev–Trinajstić information content (AvgIpc) is 2.50. The van der Waals surface area contributed by atoms with E-state index in [0.717, 1.165) is 11.1 Å². The van der Waals surface area contributed by atoms with Crippen LogP contribution in [0.1, 0.15) is 24.5 Å². The van der Waals surface area contributed by atoms with Gasteiger partial charge in [-0.1, -0.05) is 24.3 Å². The van der Waals surface area contributed by atoms with Gasteiger partial charge in [0.15, 0.2) is 0 Å². The summed E-state index contributed by atoms with van der Waals surface area (Å²) >= 11 is 0. The quantitative estimate of drug-likeness (QED) is 0.774. The van der Waals surface area contributed by atoms with E-state index in [4.69, 9.17) is 0 Å². The number of hydrogen-bond donors (Lipinski definition) is 1. The highest BCUT2D eigenvalue weighted by atomic mass is 16.5. The Labute approximate surface area is 126 Å². The Kier molecular flexibility index (Phi) is 6.88. The molecule has 0 aliphatic heterocycles. The first-order valence-electron chi connectivity index (χ1n) is 7.05. The average molecular weight is 292 g/mol. The van der Waals surface area contributed by atoms with Crippen LogP contribution < -0.4 is 5.32 Å². The summed E-state index contributed by atoms with van der Waals surface area (Å²) in [6.45, 7) is 4.85. The summed E-state index contributed by atoms with van der Waals surface area (Å²) in [5.74, 6) is -0.319. The molecule has 0 heterocycles. The maximum absolute atomic E-state index is 12.1. The van der Waals surface area contributed by atoms with E-state index in [2.05, 4.69) is 10.1 Å². The number of carbonyl (C=O) groups is 2. The molecule has 21 heavy (non-hydrogen) atoms. The Hall–Kier alpha value is -1.88.